The minimum Gasteiger partial charge on any atom is -0.493 e. The number of benzene rings is 1. The molecule has 1 aliphatic heterocycles. The first-order chi connectivity index (χ1) is 13.6. The first kappa shape index (κ1) is 20.2. The Morgan fingerprint density at radius 3 is 2.75 bits per heavy atom. The largest absolute Gasteiger partial charge is 0.493 e. The molecule has 0 aliphatic carbocycles. The number of methoxy groups -OCH3 is 2. The zero-order valence-electron chi connectivity index (χ0n) is 16.3. The lowest BCUT2D eigenvalue weighted by Gasteiger charge is -2.26. The molecule has 2 amide bonds. The fraction of sp³-hybridized carbons (Fsp3) is 0.429. The molecule has 1 aliphatic rings. The van der Waals surface area contributed by atoms with E-state index in [1.807, 2.05) is 33.9 Å². The van der Waals surface area contributed by atoms with Gasteiger partial charge >= 0.3 is 0 Å². The van der Waals surface area contributed by atoms with Crippen LogP contribution in [0.3, 0.4) is 0 Å². The van der Waals surface area contributed by atoms with Gasteiger partial charge in [0.25, 0.3) is 5.91 Å². The predicted molar refractivity (Wildman–Crippen MR) is 109 cm³/mol. The van der Waals surface area contributed by atoms with Crippen molar-refractivity contribution in [2.45, 2.75) is 31.7 Å². The van der Waals surface area contributed by atoms with Crippen LogP contribution in [0.5, 0.6) is 11.5 Å². The standard InChI is InChI=1S/C21H26N2O4S/c1-26-18-8-7-15(13-19(18)27-2)17-5-4-11-23(17)20(24)6-3-10-22-21(25)16-9-12-28-14-16/h7-9,12-14,17H,3-6,10-11H2,1-2H3,(H,22,25)/t17-/m1/s1. The first-order valence-corrected chi connectivity index (χ1v) is 10.4. The van der Waals surface area contributed by atoms with Crippen LogP contribution in [0, 0.1) is 0 Å². The maximum Gasteiger partial charge on any atom is 0.252 e. The van der Waals surface area contributed by atoms with E-state index in [1.54, 1.807) is 20.3 Å². The van der Waals surface area contributed by atoms with Gasteiger partial charge in [-0.2, -0.15) is 11.3 Å². The van der Waals surface area contributed by atoms with Gasteiger partial charge in [-0.3, -0.25) is 9.59 Å². The maximum absolute atomic E-state index is 12.7. The monoisotopic (exact) mass is 402 g/mol. The van der Waals surface area contributed by atoms with Crippen molar-refractivity contribution in [3.63, 3.8) is 0 Å². The smallest absolute Gasteiger partial charge is 0.252 e. The van der Waals surface area contributed by atoms with Crippen LogP contribution in [0.4, 0.5) is 0 Å². The molecule has 150 valence electrons. The van der Waals surface area contributed by atoms with E-state index >= 15 is 0 Å². The van der Waals surface area contributed by atoms with Crippen LogP contribution >= 0.6 is 11.3 Å². The number of nitrogens with zero attached hydrogens (tertiary/aromatic N) is 1. The van der Waals surface area contributed by atoms with E-state index in [1.165, 1.54) is 11.3 Å². The van der Waals surface area contributed by atoms with Gasteiger partial charge in [0.15, 0.2) is 11.5 Å². The second-order valence-electron chi connectivity index (χ2n) is 6.73. The Bertz CT molecular complexity index is 807. The number of thiophene rings is 1. The Morgan fingerprint density at radius 1 is 1.21 bits per heavy atom. The van der Waals surface area contributed by atoms with Gasteiger partial charge in [0, 0.05) is 30.5 Å². The second kappa shape index (κ2) is 9.59. The molecule has 7 heteroatoms. The van der Waals surface area contributed by atoms with Gasteiger partial charge in [-0.05, 0) is 48.4 Å². The zero-order valence-corrected chi connectivity index (χ0v) is 17.1. The molecule has 6 nitrogen and oxygen atoms in total. The molecule has 0 radical (unpaired) electrons. The number of likely N-dealkylation sites (tertiary alicyclic amines) is 1. The lowest BCUT2D eigenvalue weighted by atomic mass is 10.0. The van der Waals surface area contributed by atoms with Crippen molar-refractivity contribution in [1.29, 1.82) is 0 Å². The number of amides is 2. The van der Waals surface area contributed by atoms with Crippen molar-refractivity contribution in [3.8, 4) is 11.5 Å². The SMILES string of the molecule is COc1ccc([C@H]2CCCN2C(=O)CCCNC(=O)c2ccsc2)cc1OC. The fourth-order valence-corrected chi connectivity index (χ4v) is 4.19. The molecule has 0 spiro atoms. The summed E-state index contributed by atoms with van der Waals surface area (Å²) in [5.41, 5.74) is 1.73. The van der Waals surface area contributed by atoms with E-state index in [9.17, 15) is 9.59 Å². The molecule has 3 rings (SSSR count). The zero-order chi connectivity index (χ0) is 19.9. The summed E-state index contributed by atoms with van der Waals surface area (Å²) >= 11 is 1.49. The quantitative estimate of drug-likeness (QED) is 0.685. The molecule has 1 aromatic heterocycles. The van der Waals surface area contributed by atoms with Gasteiger partial charge in [0.05, 0.1) is 20.3 Å². The fourth-order valence-electron chi connectivity index (χ4n) is 3.55. The molecule has 1 N–H and O–H groups in total. The number of ether oxygens (including phenoxy) is 2. The van der Waals surface area contributed by atoms with E-state index in [-0.39, 0.29) is 17.9 Å². The van der Waals surface area contributed by atoms with E-state index in [4.69, 9.17) is 9.47 Å². The van der Waals surface area contributed by atoms with Crippen LogP contribution in [0.1, 0.15) is 47.6 Å². The highest BCUT2D eigenvalue weighted by molar-refractivity contribution is 7.08. The molecule has 1 aromatic carbocycles. The van der Waals surface area contributed by atoms with Gasteiger partial charge in [-0.25, -0.2) is 0 Å². The molecule has 0 saturated carbocycles. The van der Waals surface area contributed by atoms with Crippen molar-refractivity contribution in [2.24, 2.45) is 0 Å². The summed E-state index contributed by atoms with van der Waals surface area (Å²) < 4.78 is 10.7. The van der Waals surface area contributed by atoms with E-state index in [0.29, 0.717) is 36.4 Å². The summed E-state index contributed by atoms with van der Waals surface area (Å²) in [6, 6.07) is 7.69. The first-order valence-electron chi connectivity index (χ1n) is 9.46. The highest BCUT2D eigenvalue weighted by Gasteiger charge is 2.30. The summed E-state index contributed by atoms with van der Waals surface area (Å²) in [5, 5.41) is 6.56. The molecule has 1 fully saturated rings. The third-order valence-electron chi connectivity index (χ3n) is 5.00. The molecule has 1 atom stereocenters. The summed E-state index contributed by atoms with van der Waals surface area (Å²) in [6.45, 7) is 1.26. The molecular formula is C21H26N2O4S. The number of hydrogen-bond acceptors (Lipinski definition) is 5. The van der Waals surface area contributed by atoms with Crippen LogP contribution in [0.2, 0.25) is 0 Å². The summed E-state index contributed by atoms with van der Waals surface area (Å²) in [4.78, 5) is 26.6. The highest BCUT2D eigenvalue weighted by Crippen LogP contribution is 2.37. The molecule has 28 heavy (non-hydrogen) atoms. The third-order valence-corrected chi connectivity index (χ3v) is 5.69. The summed E-state index contributed by atoms with van der Waals surface area (Å²) in [5.74, 6) is 1.40. The van der Waals surface area contributed by atoms with Gasteiger partial charge in [-0.15, -0.1) is 0 Å². The molecule has 2 heterocycles. The van der Waals surface area contributed by atoms with Crippen molar-refractivity contribution in [3.05, 3.63) is 46.2 Å². The Balaban J connectivity index is 1.54. The van der Waals surface area contributed by atoms with Crippen molar-refractivity contribution in [2.75, 3.05) is 27.3 Å². The van der Waals surface area contributed by atoms with E-state index in [2.05, 4.69) is 5.32 Å². The molecule has 0 bridgehead atoms. The number of carbonyl (C=O) groups is 2. The van der Waals surface area contributed by atoms with Crippen molar-refractivity contribution in [1.82, 2.24) is 10.2 Å². The van der Waals surface area contributed by atoms with Crippen molar-refractivity contribution >= 4 is 23.2 Å². The predicted octanol–water partition coefficient (Wildman–Crippen LogP) is 3.64. The van der Waals surface area contributed by atoms with Gasteiger partial charge in [0.2, 0.25) is 5.91 Å². The average molecular weight is 403 g/mol. The number of nitrogens with one attached hydrogen (secondary N) is 1. The Kier molecular flexibility index (Phi) is 6.92. The Hall–Kier alpha value is -2.54. The molecular weight excluding hydrogens is 376 g/mol. The van der Waals surface area contributed by atoms with Gasteiger partial charge in [0.1, 0.15) is 0 Å². The Labute approximate surface area is 169 Å². The molecule has 0 unspecified atom stereocenters. The van der Waals surface area contributed by atoms with E-state index in [0.717, 1.165) is 24.9 Å². The summed E-state index contributed by atoms with van der Waals surface area (Å²) in [7, 11) is 3.23. The van der Waals surface area contributed by atoms with Gasteiger partial charge < -0.3 is 19.7 Å². The van der Waals surface area contributed by atoms with Crippen molar-refractivity contribution < 1.29 is 19.1 Å². The van der Waals surface area contributed by atoms with Gasteiger partial charge in [-0.1, -0.05) is 6.07 Å². The molecule has 2 aromatic rings. The van der Waals surface area contributed by atoms with Crippen LogP contribution in [-0.4, -0.2) is 44.0 Å². The minimum atomic E-state index is -0.0851. The van der Waals surface area contributed by atoms with Crippen LogP contribution in [-0.2, 0) is 4.79 Å². The summed E-state index contributed by atoms with van der Waals surface area (Å²) in [6.07, 6.45) is 2.98. The lowest BCUT2D eigenvalue weighted by molar-refractivity contribution is -0.132. The number of hydrogen-bond donors (Lipinski definition) is 1. The normalized spacial score (nSPS) is 16.1. The van der Waals surface area contributed by atoms with Crippen LogP contribution in [0.25, 0.3) is 0 Å². The van der Waals surface area contributed by atoms with Crippen LogP contribution in [0.15, 0.2) is 35.0 Å². The van der Waals surface area contributed by atoms with Crippen LogP contribution < -0.4 is 14.8 Å². The number of carbonyl (C=O) groups excluding carboxylic acids is 2. The number of rotatable bonds is 8. The molecule has 1 saturated heterocycles. The average Bonchev–Trinajstić information content (AvgIpc) is 3.42. The lowest BCUT2D eigenvalue weighted by Crippen LogP contribution is -2.31. The topological polar surface area (TPSA) is 67.9 Å². The highest BCUT2D eigenvalue weighted by atomic mass is 32.1. The third kappa shape index (κ3) is 4.65. The second-order valence-corrected chi connectivity index (χ2v) is 7.51. The Morgan fingerprint density at radius 2 is 2.04 bits per heavy atom. The maximum atomic E-state index is 12.7. The minimum absolute atomic E-state index is 0.0627. The van der Waals surface area contributed by atoms with E-state index < -0.39 is 0 Å².